The highest BCUT2D eigenvalue weighted by atomic mass is 16.4. The zero-order chi connectivity index (χ0) is 13.8. The average molecular weight is 259 g/mol. The Balaban J connectivity index is 2.37. The van der Waals surface area contributed by atoms with Crippen molar-refractivity contribution in [1.29, 1.82) is 0 Å². The summed E-state index contributed by atoms with van der Waals surface area (Å²) >= 11 is 0. The first kappa shape index (κ1) is 13.3. The van der Waals surface area contributed by atoms with Crippen molar-refractivity contribution in [3.63, 3.8) is 0 Å². The van der Waals surface area contributed by atoms with Crippen LogP contribution >= 0.6 is 0 Å². The molecule has 5 heteroatoms. The van der Waals surface area contributed by atoms with E-state index in [-0.39, 0.29) is 12.3 Å². The van der Waals surface area contributed by atoms with Crippen molar-refractivity contribution >= 4 is 5.97 Å². The largest absolute Gasteiger partial charge is 0.481 e. The van der Waals surface area contributed by atoms with E-state index in [0.717, 1.165) is 11.5 Å². The average Bonchev–Trinajstić information content (AvgIpc) is 2.81. The number of carbonyl (C=O) groups is 1. The van der Waals surface area contributed by atoms with E-state index >= 15 is 0 Å². The van der Waals surface area contributed by atoms with Crippen LogP contribution in [0, 0.1) is 0 Å². The van der Waals surface area contributed by atoms with Crippen LogP contribution in [0.5, 0.6) is 0 Å². The van der Waals surface area contributed by atoms with Crippen LogP contribution in [0.15, 0.2) is 30.3 Å². The molecule has 1 heterocycles. The minimum atomic E-state index is -0.825. The molecule has 0 saturated heterocycles. The number of aromatic nitrogens is 3. The molecular formula is C14H17N3O2. The predicted octanol–water partition coefficient (Wildman–Crippen LogP) is 2.41. The van der Waals surface area contributed by atoms with E-state index in [1.54, 1.807) is 4.68 Å². The van der Waals surface area contributed by atoms with E-state index in [9.17, 15) is 4.79 Å². The van der Waals surface area contributed by atoms with Crippen molar-refractivity contribution in [2.75, 3.05) is 0 Å². The molecule has 0 fully saturated rings. The molecule has 1 aromatic heterocycles. The van der Waals surface area contributed by atoms with Crippen LogP contribution in [0.2, 0.25) is 0 Å². The molecule has 1 aromatic carbocycles. The minimum absolute atomic E-state index is 0.0586. The van der Waals surface area contributed by atoms with Crippen molar-refractivity contribution in [1.82, 2.24) is 14.8 Å². The van der Waals surface area contributed by atoms with Crippen LogP contribution in [0.1, 0.15) is 37.8 Å². The topological polar surface area (TPSA) is 68.0 Å². The van der Waals surface area contributed by atoms with Crippen LogP contribution in [0.4, 0.5) is 0 Å². The zero-order valence-corrected chi connectivity index (χ0v) is 11.1. The van der Waals surface area contributed by atoms with Gasteiger partial charge in [0.25, 0.3) is 0 Å². The number of hydrogen-bond donors (Lipinski definition) is 1. The maximum atomic E-state index is 10.7. The van der Waals surface area contributed by atoms with Crippen molar-refractivity contribution in [2.45, 2.75) is 32.6 Å². The van der Waals surface area contributed by atoms with Gasteiger partial charge in [-0.2, -0.15) is 5.10 Å². The smallest absolute Gasteiger partial charge is 0.303 e. The third kappa shape index (κ3) is 3.19. The zero-order valence-electron chi connectivity index (χ0n) is 11.1. The Kier molecular flexibility index (Phi) is 3.94. The van der Waals surface area contributed by atoms with Crippen molar-refractivity contribution in [2.24, 2.45) is 0 Å². The molecule has 19 heavy (non-hydrogen) atoms. The molecule has 0 aliphatic carbocycles. The van der Waals surface area contributed by atoms with E-state index in [0.29, 0.717) is 12.2 Å². The fourth-order valence-electron chi connectivity index (χ4n) is 1.76. The van der Waals surface area contributed by atoms with Gasteiger partial charge in [-0.1, -0.05) is 32.0 Å². The molecular weight excluding hydrogens is 242 g/mol. The highest BCUT2D eigenvalue weighted by molar-refractivity contribution is 5.66. The molecule has 0 spiro atoms. The number of hydrogen-bond acceptors (Lipinski definition) is 3. The normalized spacial score (nSPS) is 10.9. The number of aryl methyl sites for hydroxylation is 1. The molecule has 100 valence electrons. The van der Waals surface area contributed by atoms with Gasteiger partial charge in [-0.15, -0.1) is 0 Å². The molecule has 0 bridgehead atoms. The monoisotopic (exact) mass is 259 g/mol. The van der Waals surface area contributed by atoms with E-state index in [4.69, 9.17) is 5.11 Å². The lowest BCUT2D eigenvalue weighted by molar-refractivity contribution is -0.137. The molecule has 1 N–H and O–H groups in total. The van der Waals surface area contributed by atoms with Crippen LogP contribution in [-0.2, 0) is 11.2 Å². The lowest BCUT2D eigenvalue weighted by atomic mass is 10.2. The minimum Gasteiger partial charge on any atom is -0.481 e. The fourth-order valence-corrected chi connectivity index (χ4v) is 1.76. The SMILES string of the molecule is CC(C)c1nc(CCC(=O)O)n(-c2ccccc2)n1. The van der Waals surface area contributed by atoms with Gasteiger partial charge >= 0.3 is 5.97 Å². The molecule has 2 rings (SSSR count). The Morgan fingerprint density at radius 1 is 1.32 bits per heavy atom. The summed E-state index contributed by atoms with van der Waals surface area (Å²) in [7, 11) is 0. The highest BCUT2D eigenvalue weighted by Gasteiger charge is 2.14. The molecule has 0 radical (unpaired) electrons. The molecule has 5 nitrogen and oxygen atoms in total. The predicted molar refractivity (Wildman–Crippen MR) is 71.4 cm³/mol. The number of rotatable bonds is 5. The molecule has 2 aromatic rings. The summed E-state index contributed by atoms with van der Waals surface area (Å²) < 4.78 is 1.73. The first-order chi connectivity index (χ1) is 9.08. The summed E-state index contributed by atoms with van der Waals surface area (Å²) in [4.78, 5) is 15.2. The standard InChI is InChI=1S/C14H17N3O2/c1-10(2)14-15-12(8-9-13(18)19)17(16-14)11-6-4-3-5-7-11/h3-7,10H,8-9H2,1-2H3,(H,18,19). The van der Waals surface area contributed by atoms with E-state index in [2.05, 4.69) is 10.1 Å². The van der Waals surface area contributed by atoms with Gasteiger partial charge in [0, 0.05) is 12.3 Å². The molecule has 0 unspecified atom stereocenters. The lowest BCUT2D eigenvalue weighted by Crippen LogP contribution is -2.06. The van der Waals surface area contributed by atoms with Crippen LogP contribution in [0.25, 0.3) is 5.69 Å². The van der Waals surface area contributed by atoms with E-state index < -0.39 is 5.97 Å². The summed E-state index contributed by atoms with van der Waals surface area (Å²) in [5, 5.41) is 13.3. The second-order valence-electron chi connectivity index (χ2n) is 4.68. The molecule has 0 aliphatic rings. The number of benzene rings is 1. The van der Waals surface area contributed by atoms with E-state index in [1.807, 2.05) is 44.2 Å². The molecule has 0 amide bonds. The Labute approximate surface area is 111 Å². The number of nitrogens with zero attached hydrogens (tertiary/aromatic N) is 3. The van der Waals surface area contributed by atoms with Crippen molar-refractivity contribution in [3.8, 4) is 5.69 Å². The van der Waals surface area contributed by atoms with Crippen molar-refractivity contribution < 1.29 is 9.90 Å². The summed E-state index contributed by atoms with van der Waals surface area (Å²) in [6.45, 7) is 4.04. The summed E-state index contributed by atoms with van der Waals surface area (Å²) in [6.07, 6.45) is 0.438. The molecule has 0 aliphatic heterocycles. The Hall–Kier alpha value is -2.17. The first-order valence-electron chi connectivity index (χ1n) is 6.31. The van der Waals surface area contributed by atoms with Gasteiger partial charge in [-0.3, -0.25) is 4.79 Å². The van der Waals surface area contributed by atoms with E-state index in [1.165, 1.54) is 0 Å². The second-order valence-corrected chi connectivity index (χ2v) is 4.68. The maximum Gasteiger partial charge on any atom is 0.303 e. The second kappa shape index (κ2) is 5.65. The summed E-state index contributed by atoms with van der Waals surface area (Å²) in [5.74, 6) is 0.823. The Bertz CT molecular complexity index is 561. The number of carboxylic acid groups (broad SMARTS) is 1. The first-order valence-corrected chi connectivity index (χ1v) is 6.31. The van der Waals surface area contributed by atoms with Gasteiger partial charge in [0.1, 0.15) is 5.82 Å². The van der Waals surface area contributed by atoms with Crippen LogP contribution < -0.4 is 0 Å². The maximum absolute atomic E-state index is 10.7. The number of carboxylic acids is 1. The van der Waals surface area contributed by atoms with Crippen LogP contribution in [-0.4, -0.2) is 25.8 Å². The third-order valence-electron chi connectivity index (χ3n) is 2.77. The van der Waals surface area contributed by atoms with Gasteiger partial charge in [0.05, 0.1) is 12.1 Å². The number of para-hydroxylation sites is 1. The number of aliphatic carboxylic acids is 1. The quantitative estimate of drug-likeness (QED) is 0.895. The van der Waals surface area contributed by atoms with Gasteiger partial charge in [-0.25, -0.2) is 9.67 Å². The lowest BCUT2D eigenvalue weighted by Gasteiger charge is -2.04. The summed E-state index contributed by atoms with van der Waals surface area (Å²) in [6, 6.07) is 9.65. The fraction of sp³-hybridized carbons (Fsp3) is 0.357. The Morgan fingerprint density at radius 3 is 2.58 bits per heavy atom. The van der Waals surface area contributed by atoms with Gasteiger partial charge < -0.3 is 5.11 Å². The van der Waals surface area contributed by atoms with Crippen molar-refractivity contribution in [3.05, 3.63) is 42.0 Å². The van der Waals surface area contributed by atoms with Gasteiger partial charge in [-0.05, 0) is 12.1 Å². The van der Waals surface area contributed by atoms with Gasteiger partial charge in [0.15, 0.2) is 5.82 Å². The van der Waals surface area contributed by atoms with Crippen LogP contribution in [0.3, 0.4) is 0 Å². The Morgan fingerprint density at radius 2 is 2.00 bits per heavy atom. The highest BCUT2D eigenvalue weighted by Crippen LogP contribution is 2.15. The van der Waals surface area contributed by atoms with Gasteiger partial charge in [0.2, 0.25) is 0 Å². The molecule has 0 saturated carbocycles. The third-order valence-corrected chi connectivity index (χ3v) is 2.77. The molecule has 0 atom stereocenters. The summed E-state index contributed by atoms with van der Waals surface area (Å²) in [5.41, 5.74) is 0.905.